The van der Waals surface area contributed by atoms with E-state index in [1.165, 1.54) is 6.42 Å². The summed E-state index contributed by atoms with van der Waals surface area (Å²) in [6, 6.07) is 0.354. The number of nitrogens with zero attached hydrogens (tertiary/aromatic N) is 3. The monoisotopic (exact) mass is 338 g/mol. The fourth-order valence-corrected chi connectivity index (χ4v) is 3.89. The van der Waals surface area contributed by atoms with Gasteiger partial charge in [-0.25, -0.2) is 0 Å². The van der Waals surface area contributed by atoms with Gasteiger partial charge in [-0.2, -0.15) is 0 Å². The molecule has 1 atom stereocenters. The van der Waals surface area contributed by atoms with Gasteiger partial charge in [0.1, 0.15) is 0 Å². The molecule has 0 saturated carbocycles. The van der Waals surface area contributed by atoms with Gasteiger partial charge in [0.15, 0.2) is 0 Å². The van der Waals surface area contributed by atoms with E-state index in [1.807, 2.05) is 4.90 Å². The van der Waals surface area contributed by atoms with Crippen LogP contribution in [-0.2, 0) is 14.3 Å². The maximum atomic E-state index is 12.8. The van der Waals surface area contributed by atoms with Crippen LogP contribution in [0.25, 0.3) is 0 Å². The Labute approximate surface area is 144 Å². The van der Waals surface area contributed by atoms with Crippen molar-refractivity contribution in [3.05, 3.63) is 0 Å². The highest BCUT2D eigenvalue weighted by atomic mass is 16.5. The molecule has 1 unspecified atom stereocenters. The number of nitrogens with one attached hydrogen (secondary N) is 1. The van der Waals surface area contributed by atoms with E-state index in [9.17, 15) is 9.59 Å². The fourth-order valence-electron chi connectivity index (χ4n) is 3.89. The third-order valence-electron chi connectivity index (χ3n) is 5.31. The van der Waals surface area contributed by atoms with Crippen molar-refractivity contribution in [1.82, 2.24) is 20.0 Å². The smallest absolute Gasteiger partial charge is 0.237 e. The van der Waals surface area contributed by atoms with Crippen LogP contribution in [0.3, 0.4) is 0 Å². The maximum Gasteiger partial charge on any atom is 0.237 e. The molecule has 7 heteroatoms. The summed E-state index contributed by atoms with van der Waals surface area (Å²) < 4.78 is 5.40. The van der Waals surface area contributed by atoms with Crippen LogP contribution in [0.2, 0.25) is 0 Å². The second-order valence-corrected chi connectivity index (χ2v) is 7.04. The van der Waals surface area contributed by atoms with Gasteiger partial charge in [0, 0.05) is 45.3 Å². The normalized spacial score (nSPS) is 27.1. The van der Waals surface area contributed by atoms with Crippen molar-refractivity contribution in [2.24, 2.45) is 0 Å². The molecule has 0 aromatic heterocycles. The molecule has 0 spiro atoms. The molecule has 0 radical (unpaired) electrons. The number of hydrogen-bond donors (Lipinski definition) is 1. The second kappa shape index (κ2) is 8.78. The summed E-state index contributed by atoms with van der Waals surface area (Å²) in [4.78, 5) is 30.7. The van der Waals surface area contributed by atoms with Gasteiger partial charge in [-0.05, 0) is 25.7 Å². The van der Waals surface area contributed by atoms with Gasteiger partial charge in [0.05, 0.1) is 26.3 Å². The number of piperidine rings is 1. The van der Waals surface area contributed by atoms with E-state index >= 15 is 0 Å². The number of carbonyl (C=O) groups is 2. The highest BCUT2D eigenvalue weighted by Crippen LogP contribution is 2.21. The predicted molar refractivity (Wildman–Crippen MR) is 90.7 cm³/mol. The average molecular weight is 338 g/mol. The molecule has 0 aliphatic carbocycles. The summed E-state index contributed by atoms with van der Waals surface area (Å²) in [5.74, 6) is 0.216. The largest absolute Gasteiger partial charge is 0.379 e. The standard InChI is InChI=1S/C17H30N4O3/c22-16-13-20(8-5-18-16)14-17(23)21-6-2-1-3-15(21)4-7-19-9-11-24-12-10-19/h15H,1-14H2,(H,18,22). The van der Waals surface area contributed by atoms with Gasteiger partial charge in [-0.3, -0.25) is 19.4 Å². The van der Waals surface area contributed by atoms with Crippen LogP contribution in [0.1, 0.15) is 25.7 Å². The molecule has 3 fully saturated rings. The van der Waals surface area contributed by atoms with Crippen molar-refractivity contribution in [2.75, 3.05) is 65.6 Å². The topological polar surface area (TPSA) is 65.1 Å². The number of hydrogen-bond acceptors (Lipinski definition) is 5. The van der Waals surface area contributed by atoms with E-state index < -0.39 is 0 Å². The Morgan fingerprint density at radius 1 is 1.12 bits per heavy atom. The van der Waals surface area contributed by atoms with E-state index in [0.29, 0.717) is 25.7 Å². The lowest BCUT2D eigenvalue weighted by Gasteiger charge is -2.39. The van der Waals surface area contributed by atoms with Gasteiger partial charge < -0.3 is 15.0 Å². The third kappa shape index (κ3) is 4.91. The molecule has 24 heavy (non-hydrogen) atoms. The Morgan fingerprint density at radius 2 is 1.96 bits per heavy atom. The van der Waals surface area contributed by atoms with E-state index in [0.717, 1.165) is 65.2 Å². The second-order valence-electron chi connectivity index (χ2n) is 7.04. The summed E-state index contributed by atoms with van der Waals surface area (Å²) in [6.45, 7) is 7.70. The molecule has 1 N–H and O–H groups in total. The van der Waals surface area contributed by atoms with Crippen molar-refractivity contribution >= 4 is 11.8 Å². The molecular formula is C17H30N4O3. The number of rotatable bonds is 5. The zero-order valence-electron chi connectivity index (χ0n) is 14.5. The zero-order valence-corrected chi connectivity index (χ0v) is 14.5. The van der Waals surface area contributed by atoms with Crippen LogP contribution in [0.4, 0.5) is 0 Å². The lowest BCUT2D eigenvalue weighted by molar-refractivity contribution is -0.137. The SMILES string of the molecule is O=C1CN(CC(=O)N2CCCCC2CCN2CCOCC2)CCN1. The minimum absolute atomic E-state index is 0.0246. The molecule has 3 aliphatic heterocycles. The first kappa shape index (κ1) is 17.6. The molecule has 3 aliphatic rings. The van der Waals surface area contributed by atoms with Gasteiger partial charge in [0.25, 0.3) is 0 Å². The average Bonchev–Trinajstić information content (AvgIpc) is 2.61. The van der Waals surface area contributed by atoms with Gasteiger partial charge in [-0.1, -0.05) is 0 Å². The summed E-state index contributed by atoms with van der Waals surface area (Å²) in [5, 5.41) is 2.81. The Balaban J connectivity index is 1.49. The molecule has 0 aromatic carbocycles. The minimum atomic E-state index is 0.0246. The number of carbonyl (C=O) groups excluding carboxylic acids is 2. The molecular weight excluding hydrogens is 308 g/mol. The zero-order chi connectivity index (χ0) is 16.8. The minimum Gasteiger partial charge on any atom is -0.379 e. The summed E-state index contributed by atoms with van der Waals surface area (Å²) >= 11 is 0. The van der Waals surface area contributed by atoms with Gasteiger partial charge in [0.2, 0.25) is 11.8 Å². The summed E-state index contributed by atoms with van der Waals surface area (Å²) in [5.41, 5.74) is 0. The van der Waals surface area contributed by atoms with Crippen molar-refractivity contribution in [3.63, 3.8) is 0 Å². The first-order valence-corrected chi connectivity index (χ1v) is 9.31. The van der Waals surface area contributed by atoms with Crippen molar-refractivity contribution in [2.45, 2.75) is 31.7 Å². The number of morpholine rings is 1. The Bertz CT molecular complexity index is 440. The van der Waals surface area contributed by atoms with E-state index in [4.69, 9.17) is 4.74 Å². The summed E-state index contributed by atoms with van der Waals surface area (Å²) in [7, 11) is 0. The molecule has 3 heterocycles. The van der Waals surface area contributed by atoms with Crippen molar-refractivity contribution < 1.29 is 14.3 Å². The van der Waals surface area contributed by atoms with Crippen LogP contribution in [-0.4, -0.2) is 98.1 Å². The van der Waals surface area contributed by atoms with Crippen LogP contribution < -0.4 is 5.32 Å². The van der Waals surface area contributed by atoms with Crippen LogP contribution in [0.15, 0.2) is 0 Å². The maximum absolute atomic E-state index is 12.8. The quantitative estimate of drug-likeness (QED) is 0.734. The van der Waals surface area contributed by atoms with Crippen molar-refractivity contribution in [3.8, 4) is 0 Å². The first-order valence-electron chi connectivity index (χ1n) is 9.31. The van der Waals surface area contributed by atoms with Crippen LogP contribution in [0.5, 0.6) is 0 Å². The van der Waals surface area contributed by atoms with Crippen LogP contribution >= 0.6 is 0 Å². The summed E-state index contributed by atoms with van der Waals surface area (Å²) in [6.07, 6.45) is 4.47. The number of likely N-dealkylation sites (tertiary alicyclic amines) is 1. The fraction of sp³-hybridized carbons (Fsp3) is 0.882. The molecule has 136 valence electrons. The molecule has 7 nitrogen and oxygen atoms in total. The first-order chi connectivity index (χ1) is 11.7. The molecule has 3 rings (SSSR count). The number of amides is 2. The Kier molecular flexibility index (Phi) is 6.45. The Morgan fingerprint density at radius 3 is 2.75 bits per heavy atom. The molecule has 0 aromatic rings. The highest BCUT2D eigenvalue weighted by molar-refractivity contribution is 5.82. The lowest BCUT2D eigenvalue weighted by Crippen LogP contribution is -2.53. The van der Waals surface area contributed by atoms with E-state index in [-0.39, 0.29) is 11.8 Å². The van der Waals surface area contributed by atoms with Crippen LogP contribution in [0, 0.1) is 0 Å². The number of ether oxygens (including phenoxy) is 1. The highest BCUT2D eigenvalue weighted by Gasteiger charge is 2.29. The molecule has 2 amide bonds. The van der Waals surface area contributed by atoms with E-state index in [2.05, 4.69) is 15.1 Å². The molecule has 3 saturated heterocycles. The predicted octanol–water partition coefficient (Wildman–Crippen LogP) is -0.478. The third-order valence-corrected chi connectivity index (χ3v) is 5.31. The molecule has 0 bridgehead atoms. The number of piperazine rings is 1. The van der Waals surface area contributed by atoms with Gasteiger partial charge >= 0.3 is 0 Å². The van der Waals surface area contributed by atoms with Crippen molar-refractivity contribution in [1.29, 1.82) is 0 Å². The lowest BCUT2D eigenvalue weighted by atomic mass is 9.98. The van der Waals surface area contributed by atoms with Gasteiger partial charge in [-0.15, -0.1) is 0 Å². The Hall–Kier alpha value is -1.18. The van der Waals surface area contributed by atoms with E-state index in [1.54, 1.807) is 0 Å².